The maximum atomic E-state index is 12.5. The third-order valence-electron chi connectivity index (χ3n) is 2.59. The number of hydrogen-bond acceptors (Lipinski definition) is 1. The molecule has 0 atom stereocenters. The third kappa shape index (κ3) is 4.43. The zero-order valence-corrected chi connectivity index (χ0v) is 10.6. The zero-order chi connectivity index (χ0) is 13.6. The van der Waals surface area contributed by atoms with Gasteiger partial charge in [-0.1, -0.05) is 31.5 Å². The summed E-state index contributed by atoms with van der Waals surface area (Å²) >= 11 is 0. The highest BCUT2D eigenvalue weighted by Crippen LogP contribution is 2.32. The summed E-state index contributed by atoms with van der Waals surface area (Å²) in [5, 5.41) is 0. The number of para-hydroxylation sites is 1. The molecule has 0 N–H and O–H groups in total. The van der Waals surface area contributed by atoms with Gasteiger partial charge >= 0.3 is 6.18 Å². The number of allylic oxidation sites excluding steroid dienone is 2. The van der Waals surface area contributed by atoms with Gasteiger partial charge in [-0.2, -0.15) is 13.2 Å². The lowest BCUT2D eigenvalue weighted by molar-refractivity contribution is -0.0794. The van der Waals surface area contributed by atoms with Crippen LogP contribution in [0.2, 0.25) is 0 Å². The van der Waals surface area contributed by atoms with Crippen molar-refractivity contribution in [2.45, 2.75) is 32.4 Å². The van der Waals surface area contributed by atoms with E-state index in [4.69, 9.17) is 4.74 Å². The topological polar surface area (TPSA) is 9.23 Å². The summed E-state index contributed by atoms with van der Waals surface area (Å²) in [5.41, 5.74) is 0.799. The lowest BCUT2D eigenvalue weighted by Gasteiger charge is -2.13. The van der Waals surface area contributed by atoms with Gasteiger partial charge < -0.3 is 4.74 Å². The SMILES string of the molecule is CCCC/C(=C/C(F)(F)F)c1ccccc1OC. The molecule has 1 nitrogen and oxygen atoms in total. The molecule has 0 fully saturated rings. The average molecular weight is 258 g/mol. The van der Waals surface area contributed by atoms with Crippen molar-refractivity contribution in [2.75, 3.05) is 7.11 Å². The Morgan fingerprint density at radius 1 is 1.28 bits per heavy atom. The van der Waals surface area contributed by atoms with Crippen LogP contribution in [0.4, 0.5) is 13.2 Å². The standard InChI is InChI=1S/C14H17F3O/c1-3-4-7-11(10-14(15,16)17)12-8-5-6-9-13(12)18-2/h5-6,8-10H,3-4,7H2,1-2H3/b11-10-. The van der Waals surface area contributed by atoms with E-state index in [9.17, 15) is 13.2 Å². The number of benzene rings is 1. The number of alkyl halides is 3. The first-order valence-corrected chi connectivity index (χ1v) is 5.89. The third-order valence-corrected chi connectivity index (χ3v) is 2.59. The predicted molar refractivity (Wildman–Crippen MR) is 66.6 cm³/mol. The van der Waals surface area contributed by atoms with Crippen LogP contribution in [0.25, 0.3) is 5.57 Å². The minimum Gasteiger partial charge on any atom is -0.496 e. The quantitative estimate of drug-likeness (QED) is 0.735. The number of rotatable bonds is 5. The highest BCUT2D eigenvalue weighted by Gasteiger charge is 2.25. The molecule has 18 heavy (non-hydrogen) atoms. The van der Waals surface area contributed by atoms with Crippen LogP contribution in [0.5, 0.6) is 5.75 Å². The lowest BCUT2D eigenvalue weighted by atomic mass is 9.99. The molecule has 0 spiro atoms. The second-order valence-corrected chi connectivity index (χ2v) is 4.02. The van der Waals surface area contributed by atoms with Crippen LogP contribution < -0.4 is 4.74 Å². The van der Waals surface area contributed by atoms with Crippen molar-refractivity contribution in [3.63, 3.8) is 0 Å². The number of ether oxygens (including phenoxy) is 1. The fraction of sp³-hybridized carbons (Fsp3) is 0.429. The van der Waals surface area contributed by atoms with Gasteiger partial charge in [-0.25, -0.2) is 0 Å². The molecule has 100 valence electrons. The van der Waals surface area contributed by atoms with E-state index in [0.717, 1.165) is 12.8 Å². The highest BCUT2D eigenvalue weighted by molar-refractivity contribution is 5.71. The van der Waals surface area contributed by atoms with Crippen molar-refractivity contribution in [1.29, 1.82) is 0 Å². The molecule has 0 aromatic heterocycles. The van der Waals surface area contributed by atoms with Crippen LogP contribution in [-0.4, -0.2) is 13.3 Å². The van der Waals surface area contributed by atoms with Crippen LogP contribution in [0.1, 0.15) is 31.7 Å². The molecule has 0 amide bonds. The summed E-state index contributed by atoms with van der Waals surface area (Å²) in [6.45, 7) is 1.95. The Hall–Kier alpha value is -1.45. The number of methoxy groups -OCH3 is 1. The molecule has 0 bridgehead atoms. The van der Waals surface area contributed by atoms with Crippen molar-refractivity contribution in [2.24, 2.45) is 0 Å². The van der Waals surface area contributed by atoms with Crippen molar-refractivity contribution < 1.29 is 17.9 Å². The molecule has 1 rings (SSSR count). The van der Waals surface area contributed by atoms with Gasteiger partial charge in [0.15, 0.2) is 0 Å². The summed E-state index contributed by atoms with van der Waals surface area (Å²) in [6, 6.07) is 6.79. The van der Waals surface area contributed by atoms with Crippen LogP contribution in [0.15, 0.2) is 30.3 Å². The van der Waals surface area contributed by atoms with E-state index >= 15 is 0 Å². The van der Waals surface area contributed by atoms with Crippen molar-refractivity contribution in [1.82, 2.24) is 0 Å². The minimum absolute atomic E-state index is 0.279. The average Bonchev–Trinajstić information content (AvgIpc) is 2.33. The molecular weight excluding hydrogens is 241 g/mol. The van der Waals surface area contributed by atoms with Crippen molar-refractivity contribution >= 4 is 5.57 Å². The van der Waals surface area contributed by atoms with Crippen LogP contribution in [-0.2, 0) is 0 Å². The summed E-state index contributed by atoms with van der Waals surface area (Å²) in [5.74, 6) is 0.476. The number of halogens is 3. The zero-order valence-electron chi connectivity index (χ0n) is 10.6. The minimum atomic E-state index is -4.30. The van der Waals surface area contributed by atoms with Gasteiger partial charge in [0.2, 0.25) is 0 Å². The summed E-state index contributed by atoms with van der Waals surface area (Å²) < 4.78 is 42.7. The first-order chi connectivity index (χ1) is 8.48. The summed E-state index contributed by atoms with van der Waals surface area (Å²) in [7, 11) is 1.46. The number of unbranched alkanes of at least 4 members (excludes halogenated alkanes) is 1. The summed E-state index contributed by atoms with van der Waals surface area (Å²) in [6.07, 6.45) is -1.95. The second kappa shape index (κ2) is 6.47. The molecule has 0 saturated heterocycles. The Balaban J connectivity index is 3.13. The maximum absolute atomic E-state index is 12.5. The molecule has 0 aliphatic heterocycles. The summed E-state index contributed by atoms with van der Waals surface area (Å²) in [4.78, 5) is 0. The van der Waals surface area contributed by atoms with E-state index in [1.807, 2.05) is 6.92 Å². The second-order valence-electron chi connectivity index (χ2n) is 4.02. The lowest BCUT2D eigenvalue weighted by Crippen LogP contribution is -2.04. The van der Waals surface area contributed by atoms with E-state index in [2.05, 4.69) is 0 Å². The van der Waals surface area contributed by atoms with Gasteiger partial charge in [0.1, 0.15) is 5.75 Å². The van der Waals surface area contributed by atoms with Crippen LogP contribution >= 0.6 is 0 Å². The van der Waals surface area contributed by atoms with E-state index in [0.29, 0.717) is 23.8 Å². The van der Waals surface area contributed by atoms with Crippen LogP contribution in [0, 0.1) is 0 Å². The monoisotopic (exact) mass is 258 g/mol. The van der Waals surface area contributed by atoms with E-state index in [1.54, 1.807) is 24.3 Å². The fourth-order valence-corrected chi connectivity index (χ4v) is 1.76. The number of hydrogen-bond donors (Lipinski definition) is 0. The van der Waals surface area contributed by atoms with E-state index < -0.39 is 6.18 Å². The smallest absolute Gasteiger partial charge is 0.410 e. The molecule has 4 heteroatoms. The fourth-order valence-electron chi connectivity index (χ4n) is 1.76. The molecule has 0 saturated carbocycles. The Kier molecular flexibility index (Phi) is 5.25. The largest absolute Gasteiger partial charge is 0.496 e. The van der Waals surface area contributed by atoms with Crippen molar-refractivity contribution in [3.8, 4) is 5.75 Å². The Morgan fingerprint density at radius 2 is 1.94 bits per heavy atom. The van der Waals surface area contributed by atoms with Gasteiger partial charge in [0, 0.05) is 11.6 Å². The first kappa shape index (κ1) is 14.6. The molecule has 0 aliphatic rings. The Bertz CT molecular complexity index is 408. The van der Waals surface area contributed by atoms with Gasteiger partial charge in [0.05, 0.1) is 7.11 Å². The van der Waals surface area contributed by atoms with Gasteiger partial charge in [-0.3, -0.25) is 0 Å². The van der Waals surface area contributed by atoms with Gasteiger partial charge in [-0.15, -0.1) is 0 Å². The molecule has 0 unspecified atom stereocenters. The van der Waals surface area contributed by atoms with E-state index in [-0.39, 0.29) is 5.57 Å². The highest BCUT2D eigenvalue weighted by atomic mass is 19.4. The van der Waals surface area contributed by atoms with E-state index in [1.165, 1.54) is 7.11 Å². The molecule has 0 aliphatic carbocycles. The van der Waals surface area contributed by atoms with Crippen LogP contribution in [0.3, 0.4) is 0 Å². The van der Waals surface area contributed by atoms with Gasteiger partial charge in [0.25, 0.3) is 0 Å². The van der Waals surface area contributed by atoms with Gasteiger partial charge in [-0.05, 0) is 24.5 Å². The Labute approximate surface area is 105 Å². The molecular formula is C14H17F3O. The molecule has 1 aromatic carbocycles. The molecule has 0 radical (unpaired) electrons. The van der Waals surface area contributed by atoms with Crippen molar-refractivity contribution in [3.05, 3.63) is 35.9 Å². The molecule has 1 aromatic rings. The molecule has 0 heterocycles. The predicted octanol–water partition coefficient (Wildman–Crippen LogP) is 4.83. The maximum Gasteiger partial charge on any atom is 0.410 e. The first-order valence-electron chi connectivity index (χ1n) is 5.89. The Morgan fingerprint density at radius 3 is 2.50 bits per heavy atom. The normalized spacial score (nSPS) is 12.6.